The van der Waals surface area contributed by atoms with E-state index in [0.717, 1.165) is 11.4 Å². The van der Waals surface area contributed by atoms with Crippen LogP contribution in [-0.4, -0.2) is 30.2 Å². The molecule has 0 aliphatic carbocycles. The topological polar surface area (TPSA) is 71.3 Å². The maximum Gasteiger partial charge on any atom is 0.249 e. The Labute approximate surface area is 156 Å². The van der Waals surface area contributed by atoms with Crippen molar-refractivity contribution in [2.24, 2.45) is 0 Å². The number of halogens is 1. The van der Waals surface area contributed by atoms with E-state index < -0.39 is 0 Å². The second-order valence-corrected chi connectivity index (χ2v) is 6.38. The molecule has 134 valence electrons. The lowest BCUT2D eigenvalue weighted by Crippen LogP contribution is -2.13. The van der Waals surface area contributed by atoms with Gasteiger partial charge in [0.25, 0.3) is 0 Å². The molecular weight excluding hydrogens is 352 g/mol. The van der Waals surface area contributed by atoms with Crippen LogP contribution in [0.2, 0.25) is 5.02 Å². The van der Waals surface area contributed by atoms with Crippen LogP contribution in [-0.2, 0) is 11.2 Å². The van der Waals surface area contributed by atoms with Crippen LogP contribution in [0.4, 0.5) is 11.4 Å². The second-order valence-electron chi connectivity index (χ2n) is 5.97. The Bertz CT molecular complexity index is 891. The Morgan fingerprint density at radius 2 is 1.85 bits per heavy atom. The third kappa shape index (κ3) is 4.40. The minimum Gasteiger partial charge on any atom is -0.421 e. The van der Waals surface area contributed by atoms with Gasteiger partial charge in [-0.2, -0.15) is 0 Å². The van der Waals surface area contributed by atoms with Crippen molar-refractivity contribution < 1.29 is 9.21 Å². The summed E-state index contributed by atoms with van der Waals surface area (Å²) in [6.45, 7) is 0. The highest BCUT2D eigenvalue weighted by Gasteiger charge is 2.13. The maximum absolute atomic E-state index is 12.1. The first-order chi connectivity index (χ1) is 12.5. The normalized spacial score (nSPS) is 10.6. The Hall–Kier alpha value is -2.86. The number of nitrogens with one attached hydrogen (secondary N) is 1. The molecule has 0 bridgehead atoms. The van der Waals surface area contributed by atoms with Crippen molar-refractivity contribution in [2.75, 3.05) is 24.3 Å². The fraction of sp³-hybridized carbons (Fsp3) is 0.211. The quantitative estimate of drug-likeness (QED) is 0.709. The van der Waals surface area contributed by atoms with E-state index in [4.69, 9.17) is 16.0 Å². The van der Waals surface area contributed by atoms with Gasteiger partial charge in [-0.3, -0.25) is 4.79 Å². The van der Waals surface area contributed by atoms with Crippen LogP contribution in [0.15, 0.2) is 52.9 Å². The van der Waals surface area contributed by atoms with Crippen LogP contribution in [0.25, 0.3) is 11.5 Å². The lowest BCUT2D eigenvalue weighted by Gasteiger charge is -2.12. The summed E-state index contributed by atoms with van der Waals surface area (Å²) < 4.78 is 5.60. The molecule has 0 unspecified atom stereocenters. The molecule has 0 aliphatic heterocycles. The van der Waals surface area contributed by atoms with Crippen LogP contribution >= 0.6 is 11.6 Å². The first-order valence-electron chi connectivity index (χ1n) is 8.17. The average molecular weight is 371 g/mol. The number of hydrogen-bond acceptors (Lipinski definition) is 5. The van der Waals surface area contributed by atoms with Gasteiger partial charge in [-0.05, 0) is 36.4 Å². The molecule has 2 aromatic carbocycles. The highest BCUT2D eigenvalue weighted by Crippen LogP contribution is 2.26. The number of nitrogens with zero attached hydrogens (tertiary/aromatic N) is 3. The van der Waals surface area contributed by atoms with Crippen molar-refractivity contribution in [1.82, 2.24) is 10.2 Å². The van der Waals surface area contributed by atoms with Gasteiger partial charge in [0.15, 0.2) is 0 Å². The van der Waals surface area contributed by atoms with Crippen molar-refractivity contribution in [3.05, 3.63) is 59.4 Å². The average Bonchev–Trinajstić information content (AvgIpc) is 3.09. The SMILES string of the molecule is CN(C)c1ccc(NC(=O)CCc2nnc(-c3ccccc3Cl)o2)cc1. The number of hydrogen-bond donors (Lipinski definition) is 1. The van der Waals surface area contributed by atoms with Gasteiger partial charge in [-0.15, -0.1) is 10.2 Å². The molecule has 0 spiro atoms. The molecule has 26 heavy (non-hydrogen) atoms. The Morgan fingerprint density at radius 1 is 1.12 bits per heavy atom. The van der Waals surface area contributed by atoms with E-state index in [9.17, 15) is 4.79 Å². The molecule has 0 saturated carbocycles. The molecule has 0 fully saturated rings. The summed E-state index contributed by atoms with van der Waals surface area (Å²) in [6.07, 6.45) is 0.610. The van der Waals surface area contributed by atoms with E-state index in [1.165, 1.54) is 0 Å². The molecule has 3 aromatic rings. The minimum atomic E-state index is -0.111. The molecular formula is C19H19ClN4O2. The van der Waals surface area contributed by atoms with Gasteiger partial charge in [-0.25, -0.2) is 0 Å². The summed E-state index contributed by atoms with van der Waals surface area (Å²) in [5.41, 5.74) is 2.50. The van der Waals surface area contributed by atoms with Crippen molar-refractivity contribution in [2.45, 2.75) is 12.8 Å². The number of carbonyl (C=O) groups is 1. The van der Waals surface area contributed by atoms with Crippen molar-refractivity contribution >= 4 is 28.9 Å². The number of amides is 1. The van der Waals surface area contributed by atoms with E-state index >= 15 is 0 Å². The zero-order chi connectivity index (χ0) is 18.5. The summed E-state index contributed by atoms with van der Waals surface area (Å²) in [4.78, 5) is 14.1. The van der Waals surface area contributed by atoms with Gasteiger partial charge < -0.3 is 14.6 Å². The lowest BCUT2D eigenvalue weighted by molar-refractivity contribution is -0.116. The summed E-state index contributed by atoms with van der Waals surface area (Å²) >= 11 is 6.12. The zero-order valence-electron chi connectivity index (χ0n) is 14.6. The molecule has 0 saturated heterocycles. The summed E-state index contributed by atoms with van der Waals surface area (Å²) in [5, 5.41) is 11.4. The summed E-state index contributed by atoms with van der Waals surface area (Å²) in [6, 6.07) is 14.9. The summed E-state index contributed by atoms with van der Waals surface area (Å²) in [5.74, 6) is 0.642. The van der Waals surface area contributed by atoms with Crippen LogP contribution < -0.4 is 10.2 Å². The molecule has 3 rings (SSSR count). The van der Waals surface area contributed by atoms with Gasteiger partial charge in [0.05, 0.1) is 10.6 Å². The number of carbonyl (C=O) groups excluding carboxylic acids is 1. The van der Waals surface area contributed by atoms with Crippen molar-refractivity contribution in [1.29, 1.82) is 0 Å². The highest BCUT2D eigenvalue weighted by atomic mass is 35.5. The van der Waals surface area contributed by atoms with E-state index in [2.05, 4.69) is 15.5 Å². The number of benzene rings is 2. The van der Waals surface area contributed by atoms with E-state index in [1.807, 2.05) is 61.5 Å². The summed E-state index contributed by atoms with van der Waals surface area (Å²) in [7, 11) is 3.93. The molecule has 0 atom stereocenters. The maximum atomic E-state index is 12.1. The van der Waals surface area contributed by atoms with Crippen LogP contribution in [0.5, 0.6) is 0 Å². The van der Waals surface area contributed by atoms with E-state index in [-0.39, 0.29) is 12.3 Å². The Kier molecular flexibility index (Phi) is 5.53. The molecule has 0 radical (unpaired) electrons. The predicted octanol–water partition coefficient (Wildman–Crippen LogP) is 4.03. The third-order valence-electron chi connectivity index (χ3n) is 3.80. The largest absolute Gasteiger partial charge is 0.421 e. The Balaban J connectivity index is 1.56. The molecule has 1 aromatic heterocycles. The number of rotatable bonds is 6. The minimum absolute atomic E-state index is 0.111. The van der Waals surface area contributed by atoms with E-state index in [1.54, 1.807) is 6.07 Å². The monoisotopic (exact) mass is 370 g/mol. The number of aromatic nitrogens is 2. The van der Waals surface area contributed by atoms with Crippen LogP contribution in [0.3, 0.4) is 0 Å². The molecule has 0 aliphatic rings. The van der Waals surface area contributed by atoms with Crippen molar-refractivity contribution in [3.8, 4) is 11.5 Å². The molecule has 1 N–H and O–H groups in total. The molecule has 1 heterocycles. The van der Waals surface area contributed by atoms with Gasteiger partial charge in [-0.1, -0.05) is 23.7 Å². The second kappa shape index (κ2) is 8.01. The smallest absolute Gasteiger partial charge is 0.249 e. The fourth-order valence-corrected chi connectivity index (χ4v) is 2.60. The first-order valence-corrected chi connectivity index (χ1v) is 8.55. The lowest BCUT2D eigenvalue weighted by atomic mass is 10.2. The van der Waals surface area contributed by atoms with Gasteiger partial charge >= 0.3 is 0 Å². The van der Waals surface area contributed by atoms with Gasteiger partial charge in [0.2, 0.25) is 17.7 Å². The number of aryl methyl sites for hydroxylation is 1. The zero-order valence-corrected chi connectivity index (χ0v) is 15.3. The Morgan fingerprint density at radius 3 is 2.54 bits per heavy atom. The highest BCUT2D eigenvalue weighted by molar-refractivity contribution is 6.33. The number of anilines is 2. The van der Waals surface area contributed by atoms with E-state index in [0.29, 0.717) is 28.8 Å². The fourth-order valence-electron chi connectivity index (χ4n) is 2.38. The standard InChI is InChI=1S/C19H19ClN4O2/c1-24(2)14-9-7-13(8-10-14)21-17(25)11-12-18-22-23-19(26-18)15-5-3-4-6-16(15)20/h3-10H,11-12H2,1-2H3,(H,21,25). The molecule has 7 heteroatoms. The van der Waals surface area contributed by atoms with Crippen LogP contribution in [0.1, 0.15) is 12.3 Å². The predicted molar refractivity (Wildman–Crippen MR) is 102 cm³/mol. The van der Waals surface area contributed by atoms with Gasteiger partial charge in [0, 0.05) is 38.3 Å². The third-order valence-corrected chi connectivity index (χ3v) is 4.13. The van der Waals surface area contributed by atoms with Crippen LogP contribution in [0, 0.1) is 0 Å². The van der Waals surface area contributed by atoms with Crippen molar-refractivity contribution in [3.63, 3.8) is 0 Å². The van der Waals surface area contributed by atoms with Gasteiger partial charge in [0.1, 0.15) is 0 Å². The molecule has 1 amide bonds. The first kappa shape index (κ1) is 17.9. The molecule has 6 nitrogen and oxygen atoms in total.